The number of carboxylic acid groups (broad SMARTS) is 2. The molecule has 2 aliphatic heterocycles. The standard InChI is InChI=1S/C30H27F3N6O5/c31-20-8-21-22(7-19(20)17-9-34-29(35-10-17)37-11-15-5-6-16(12-37)26(15)27(40)41)39-23(13-38(30(42)43)14-25(39)36-21)18-3-1-2-4-24(18)44-28(32)33/h1-4,7-10,15-16,23,26,28H,5-6,11-14H2,(H,40,41)(H,42,43). The average Bonchev–Trinajstić information content (AvgIpc) is 3.49. The van der Waals surface area contributed by atoms with Gasteiger partial charge in [-0.2, -0.15) is 8.78 Å². The third kappa shape index (κ3) is 4.74. The summed E-state index contributed by atoms with van der Waals surface area (Å²) in [5.74, 6) is -0.961. The zero-order valence-corrected chi connectivity index (χ0v) is 23.2. The number of aliphatic carboxylic acids is 1. The van der Waals surface area contributed by atoms with Crippen LogP contribution in [0, 0.1) is 23.6 Å². The number of imidazole rings is 1. The Morgan fingerprint density at radius 3 is 2.36 bits per heavy atom. The van der Waals surface area contributed by atoms with Gasteiger partial charge in [0.1, 0.15) is 17.4 Å². The summed E-state index contributed by atoms with van der Waals surface area (Å²) < 4.78 is 48.5. The lowest BCUT2D eigenvalue weighted by Gasteiger charge is -2.35. The summed E-state index contributed by atoms with van der Waals surface area (Å²) in [7, 11) is 0. The number of rotatable bonds is 6. The largest absolute Gasteiger partial charge is 0.481 e. The second kappa shape index (κ2) is 10.7. The van der Waals surface area contributed by atoms with Gasteiger partial charge in [0.05, 0.1) is 29.5 Å². The van der Waals surface area contributed by atoms with E-state index < -0.39 is 30.5 Å². The van der Waals surface area contributed by atoms with Crippen molar-refractivity contribution in [3.8, 4) is 16.9 Å². The summed E-state index contributed by atoms with van der Waals surface area (Å²) >= 11 is 0. The van der Waals surface area contributed by atoms with Crippen molar-refractivity contribution in [3.05, 3.63) is 66.0 Å². The van der Waals surface area contributed by atoms with Crippen LogP contribution in [0.4, 0.5) is 23.9 Å². The van der Waals surface area contributed by atoms with Gasteiger partial charge in [-0.3, -0.25) is 9.69 Å². The Balaban J connectivity index is 1.25. The van der Waals surface area contributed by atoms with Gasteiger partial charge >= 0.3 is 18.7 Å². The van der Waals surface area contributed by atoms with Crippen molar-refractivity contribution in [1.82, 2.24) is 24.4 Å². The minimum atomic E-state index is -3.09. The fraction of sp³-hybridized carbons (Fsp3) is 0.367. The molecule has 2 aromatic carbocycles. The molecule has 0 radical (unpaired) electrons. The predicted octanol–water partition coefficient (Wildman–Crippen LogP) is 4.86. The van der Waals surface area contributed by atoms with E-state index in [0.29, 0.717) is 41.5 Å². The van der Waals surface area contributed by atoms with Crippen LogP contribution >= 0.6 is 0 Å². The molecular formula is C30H27F3N6O5. The molecule has 1 saturated heterocycles. The lowest BCUT2D eigenvalue weighted by Crippen LogP contribution is -2.45. The van der Waals surface area contributed by atoms with Crippen LogP contribution in [0.25, 0.3) is 22.2 Å². The Bertz CT molecular complexity index is 1750. The van der Waals surface area contributed by atoms with Crippen molar-refractivity contribution in [2.75, 3.05) is 24.5 Å². The lowest BCUT2D eigenvalue weighted by atomic mass is 9.85. The molecule has 3 aliphatic rings. The van der Waals surface area contributed by atoms with Crippen molar-refractivity contribution >= 4 is 29.0 Å². The number of piperidine rings is 1. The van der Waals surface area contributed by atoms with Crippen molar-refractivity contribution in [3.63, 3.8) is 0 Å². The predicted molar refractivity (Wildman–Crippen MR) is 150 cm³/mol. The topological polar surface area (TPSA) is 134 Å². The fourth-order valence-electron chi connectivity index (χ4n) is 7.13. The van der Waals surface area contributed by atoms with Crippen molar-refractivity contribution in [1.29, 1.82) is 0 Å². The molecule has 228 valence electrons. The number of carboxylic acids is 1. The summed E-state index contributed by atoms with van der Waals surface area (Å²) in [6.45, 7) is -2.14. The molecule has 44 heavy (non-hydrogen) atoms. The van der Waals surface area contributed by atoms with E-state index in [1.54, 1.807) is 28.8 Å². The Morgan fingerprint density at radius 1 is 1.00 bits per heavy atom. The molecule has 2 N–H and O–H groups in total. The lowest BCUT2D eigenvalue weighted by molar-refractivity contribution is -0.144. The fourth-order valence-corrected chi connectivity index (χ4v) is 7.13. The smallest absolute Gasteiger partial charge is 0.407 e. The highest BCUT2D eigenvalue weighted by Crippen LogP contribution is 2.43. The van der Waals surface area contributed by atoms with Gasteiger partial charge in [-0.15, -0.1) is 0 Å². The first-order valence-corrected chi connectivity index (χ1v) is 14.2. The van der Waals surface area contributed by atoms with Crippen molar-refractivity contribution in [2.24, 2.45) is 17.8 Å². The number of amides is 1. The molecular weight excluding hydrogens is 581 g/mol. The molecule has 2 fully saturated rings. The molecule has 4 heterocycles. The van der Waals surface area contributed by atoms with Gasteiger partial charge in [-0.1, -0.05) is 18.2 Å². The van der Waals surface area contributed by atoms with Crippen LogP contribution in [-0.4, -0.2) is 72.9 Å². The van der Waals surface area contributed by atoms with Gasteiger partial charge in [0.25, 0.3) is 0 Å². The zero-order valence-electron chi connectivity index (χ0n) is 23.2. The average molecular weight is 609 g/mol. The molecule has 2 aromatic heterocycles. The molecule has 14 heteroatoms. The first kappa shape index (κ1) is 27.9. The van der Waals surface area contributed by atoms with E-state index in [2.05, 4.69) is 15.0 Å². The van der Waals surface area contributed by atoms with Gasteiger partial charge in [0.15, 0.2) is 0 Å². The van der Waals surface area contributed by atoms with Gasteiger partial charge in [-0.25, -0.2) is 24.1 Å². The second-order valence-electron chi connectivity index (χ2n) is 11.5. The third-order valence-corrected chi connectivity index (χ3v) is 9.00. The summed E-state index contributed by atoms with van der Waals surface area (Å²) in [6, 6.07) is 8.22. The van der Waals surface area contributed by atoms with Crippen molar-refractivity contribution < 1.29 is 37.7 Å². The van der Waals surface area contributed by atoms with E-state index in [9.17, 15) is 28.6 Å². The first-order valence-electron chi connectivity index (χ1n) is 14.2. The SMILES string of the molecule is O=C(O)C1C2CCC1CN(c1ncc(-c3cc4c(cc3F)nc3n4C(c4ccccc4OC(F)F)CN(C(=O)O)C3)cn1)C2. The number of alkyl halides is 2. The second-order valence-corrected chi connectivity index (χ2v) is 11.5. The summed E-state index contributed by atoms with van der Waals surface area (Å²) in [5, 5.41) is 19.4. The van der Waals surface area contributed by atoms with Crippen LogP contribution in [0.1, 0.15) is 30.3 Å². The number of ether oxygens (including phenoxy) is 1. The Morgan fingerprint density at radius 2 is 1.70 bits per heavy atom. The van der Waals surface area contributed by atoms with E-state index in [4.69, 9.17) is 4.74 Å². The maximum atomic E-state index is 15.5. The maximum Gasteiger partial charge on any atom is 0.407 e. The third-order valence-electron chi connectivity index (χ3n) is 9.00. The molecule has 11 nitrogen and oxygen atoms in total. The highest BCUT2D eigenvalue weighted by molar-refractivity contribution is 5.84. The Hall–Kier alpha value is -4.88. The number of hydrogen-bond donors (Lipinski definition) is 2. The Kier molecular flexibility index (Phi) is 6.78. The number of nitrogens with zero attached hydrogens (tertiary/aromatic N) is 6. The van der Waals surface area contributed by atoms with Crippen LogP contribution in [-0.2, 0) is 11.3 Å². The molecule has 7 rings (SSSR count). The molecule has 3 unspecified atom stereocenters. The Labute approximate surface area is 248 Å². The molecule has 4 aromatic rings. The normalized spacial score (nSPS) is 22.8. The van der Waals surface area contributed by atoms with Gasteiger partial charge in [-0.05, 0) is 36.8 Å². The molecule has 0 spiro atoms. The van der Waals surface area contributed by atoms with Crippen LogP contribution in [0.5, 0.6) is 5.75 Å². The van der Waals surface area contributed by atoms with Crippen molar-refractivity contribution in [2.45, 2.75) is 32.0 Å². The van der Waals surface area contributed by atoms with Gasteiger partial charge in [0, 0.05) is 54.8 Å². The van der Waals surface area contributed by atoms with Crippen LogP contribution in [0.2, 0.25) is 0 Å². The molecule has 3 atom stereocenters. The molecule has 2 bridgehead atoms. The van der Waals surface area contributed by atoms with Gasteiger partial charge < -0.3 is 24.4 Å². The number of anilines is 1. The molecule has 1 aliphatic carbocycles. The van der Waals surface area contributed by atoms with Gasteiger partial charge in [0.2, 0.25) is 5.95 Å². The zero-order chi connectivity index (χ0) is 30.7. The summed E-state index contributed by atoms with van der Waals surface area (Å²) in [5.41, 5.74) is 1.68. The number of fused-ring (bicyclic) bond motifs is 5. The summed E-state index contributed by atoms with van der Waals surface area (Å²) in [6.07, 6.45) is 3.52. The minimum Gasteiger partial charge on any atom is -0.481 e. The molecule has 1 amide bonds. The number of halogens is 3. The van der Waals surface area contributed by atoms with Crippen LogP contribution in [0.3, 0.4) is 0 Å². The van der Waals surface area contributed by atoms with Crippen LogP contribution < -0.4 is 9.64 Å². The highest BCUT2D eigenvalue weighted by atomic mass is 19.3. The quantitative estimate of drug-likeness (QED) is 0.315. The van der Waals surface area contributed by atoms with E-state index >= 15 is 4.39 Å². The number of aromatic nitrogens is 4. The first-order chi connectivity index (χ1) is 21.2. The summed E-state index contributed by atoms with van der Waals surface area (Å²) in [4.78, 5) is 40.3. The number of benzene rings is 2. The maximum absolute atomic E-state index is 15.5. The number of carbonyl (C=O) groups is 2. The number of hydrogen-bond acceptors (Lipinski definition) is 7. The van der Waals surface area contributed by atoms with Crippen LogP contribution in [0.15, 0.2) is 48.8 Å². The highest BCUT2D eigenvalue weighted by Gasteiger charge is 2.46. The van der Waals surface area contributed by atoms with E-state index in [1.807, 2.05) is 4.90 Å². The minimum absolute atomic E-state index is 0.0311. The molecule has 1 saturated carbocycles. The van der Waals surface area contributed by atoms with E-state index in [1.165, 1.54) is 24.5 Å². The van der Waals surface area contributed by atoms with E-state index in [0.717, 1.165) is 17.7 Å². The monoisotopic (exact) mass is 608 g/mol. The number of para-hydroxylation sites is 1. The van der Waals surface area contributed by atoms with E-state index in [-0.39, 0.29) is 47.7 Å².